The third kappa shape index (κ3) is 4.98. The minimum Gasteiger partial charge on any atom is -0.366 e. The van der Waals surface area contributed by atoms with Crippen molar-refractivity contribution in [3.63, 3.8) is 0 Å². The van der Waals surface area contributed by atoms with Gasteiger partial charge in [0.2, 0.25) is 0 Å². The Morgan fingerprint density at radius 1 is 1.08 bits per heavy atom. The van der Waals surface area contributed by atoms with E-state index in [4.69, 9.17) is 0 Å². The Morgan fingerprint density at radius 3 is 2.35 bits per heavy atom. The van der Waals surface area contributed by atoms with Crippen LogP contribution in [0.25, 0.3) is 0 Å². The van der Waals surface area contributed by atoms with Crippen LogP contribution in [0, 0.1) is 27.7 Å². The van der Waals surface area contributed by atoms with E-state index in [0.29, 0.717) is 5.75 Å². The van der Waals surface area contributed by atoms with Crippen molar-refractivity contribution in [2.24, 2.45) is 4.99 Å². The second-order valence-corrected chi connectivity index (χ2v) is 7.69. The van der Waals surface area contributed by atoms with E-state index < -0.39 is 0 Å². The summed E-state index contributed by atoms with van der Waals surface area (Å²) in [6.07, 6.45) is 1.83. The Balaban J connectivity index is 2.17. The summed E-state index contributed by atoms with van der Waals surface area (Å²) in [5, 5.41) is 0. The lowest BCUT2D eigenvalue weighted by Gasteiger charge is -2.12. The maximum Gasteiger partial charge on any atom is 0.173 e. The van der Waals surface area contributed by atoms with Crippen molar-refractivity contribution < 1.29 is 4.79 Å². The molecule has 0 aliphatic carbocycles. The van der Waals surface area contributed by atoms with E-state index in [1.165, 1.54) is 16.0 Å². The Hall–Kier alpha value is -2.07. The van der Waals surface area contributed by atoms with Gasteiger partial charge in [-0.3, -0.25) is 4.79 Å². The number of benzene rings is 2. The fraction of sp³-hybridized carbons (Fsp3) is 0.364. The van der Waals surface area contributed by atoms with Crippen LogP contribution in [0.15, 0.2) is 40.2 Å². The van der Waals surface area contributed by atoms with Crippen LogP contribution in [0.5, 0.6) is 0 Å². The number of thioether (sulfide) groups is 1. The van der Waals surface area contributed by atoms with Crippen molar-refractivity contribution in [2.75, 3.05) is 19.3 Å². The van der Waals surface area contributed by atoms with E-state index in [-0.39, 0.29) is 5.78 Å². The van der Waals surface area contributed by atoms with Crippen molar-refractivity contribution in [1.82, 2.24) is 4.90 Å². The van der Waals surface area contributed by atoms with E-state index in [1.807, 2.05) is 44.3 Å². The lowest BCUT2D eigenvalue weighted by atomic mass is 10.0. The molecule has 138 valence electrons. The number of nitrogens with zero attached hydrogens (tertiary/aromatic N) is 2. The zero-order valence-corrected chi connectivity index (χ0v) is 17.4. The van der Waals surface area contributed by atoms with Crippen molar-refractivity contribution in [1.29, 1.82) is 0 Å². The molecule has 0 bridgehead atoms. The van der Waals surface area contributed by atoms with E-state index >= 15 is 0 Å². The molecule has 0 heterocycles. The Kier molecular flexibility index (Phi) is 7.04. The maximum absolute atomic E-state index is 12.8. The first-order valence-electron chi connectivity index (χ1n) is 8.91. The first kappa shape index (κ1) is 20.2. The van der Waals surface area contributed by atoms with Crippen LogP contribution >= 0.6 is 11.8 Å². The average molecular weight is 369 g/mol. The Labute approximate surface area is 161 Å². The molecule has 0 N–H and O–H groups in total. The SMILES string of the molecule is CCN(C)/C=N\c1cc(C)c(C(=O)CSc2c(C)cccc2C)cc1C. The minimum atomic E-state index is 0.166. The summed E-state index contributed by atoms with van der Waals surface area (Å²) in [4.78, 5) is 20.5. The number of hydrogen-bond donors (Lipinski definition) is 0. The van der Waals surface area contributed by atoms with Crippen molar-refractivity contribution >= 4 is 29.6 Å². The summed E-state index contributed by atoms with van der Waals surface area (Å²) in [6, 6.07) is 10.2. The van der Waals surface area contributed by atoms with Crippen molar-refractivity contribution in [3.8, 4) is 0 Å². The molecule has 0 amide bonds. The second-order valence-electron chi connectivity index (χ2n) is 6.70. The summed E-state index contributed by atoms with van der Waals surface area (Å²) in [5.41, 5.74) is 6.16. The molecule has 0 spiro atoms. The highest BCUT2D eigenvalue weighted by atomic mass is 32.2. The van der Waals surface area contributed by atoms with Crippen LogP contribution in [-0.4, -0.2) is 36.4 Å². The van der Waals surface area contributed by atoms with Crippen LogP contribution in [0.2, 0.25) is 0 Å². The third-order valence-electron chi connectivity index (χ3n) is 4.49. The molecule has 4 heteroatoms. The molecule has 0 fully saturated rings. The van der Waals surface area contributed by atoms with Gasteiger partial charge in [-0.2, -0.15) is 0 Å². The van der Waals surface area contributed by atoms with Gasteiger partial charge in [0.1, 0.15) is 0 Å². The van der Waals surface area contributed by atoms with Gasteiger partial charge in [0.05, 0.1) is 17.8 Å². The fourth-order valence-electron chi connectivity index (χ4n) is 2.73. The number of ketones is 1. The van der Waals surface area contributed by atoms with Crippen LogP contribution in [0.4, 0.5) is 5.69 Å². The summed E-state index contributed by atoms with van der Waals surface area (Å²) < 4.78 is 0. The zero-order valence-electron chi connectivity index (χ0n) is 16.6. The molecule has 2 rings (SSSR count). The Morgan fingerprint density at radius 2 is 1.73 bits per heavy atom. The van der Waals surface area contributed by atoms with E-state index in [9.17, 15) is 4.79 Å². The van der Waals surface area contributed by atoms with Crippen LogP contribution < -0.4 is 0 Å². The maximum atomic E-state index is 12.8. The molecular formula is C22H28N2OS. The number of aliphatic imine (C=N–C) groups is 1. The molecular weight excluding hydrogens is 340 g/mol. The molecule has 0 aliphatic rings. The number of hydrogen-bond acceptors (Lipinski definition) is 3. The molecule has 2 aromatic carbocycles. The predicted molar refractivity (Wildman–Crippen MR) is 113 cm³/mol. The zero-order chi connectivity index (χ0) is 19.3. The second kappa shape index (κ2) is 9.04. The highest BCUT2D eigenvalue weighted by molar-refractivity contribution is 8.00. The molecule has 0 saturated carbocycles. The van der Waals surface area contributed by atoms with Crippen LogP contribution in [0.1, 0.15) is 39.5 Å². The largest absolute Gasteiger partial charge is 0.366 e. The van der Waals surface area contributed by atoms with Gasteiger partial charge in [-0.1, -0.05) is 18.2 Å². The van der Waals surface area contributed by atoms with E-state index in [2.05, 4.69) is 44.0 Å². The highest BCUT2D eigenvalue weighted by Crippen LogP contribution is 2.29. The number of Topliss-reactive ketones (excluding diaryl/α,β-unsaturated/α-hetero) is 1. The van der Waals surface area contributed by atoms with E-state index in [1.54, 1.807) is 11.8 Å². The average Bonchev–Trinajstić information content (AvgIpc) is 2.61. The number of rotatable bonds is 7. The van der Waals surface area contributed by atoms with Gasteiger partial charge in [0, 0.05) is 24.1 Å². The Bertz CT molecular complexity index is 807. The lowest BCUT2D eigenvalue weighted by Crippen LogP contribution is -2.14. The van der Waals surface area contributed by atoms with Gasteiger partial charge in [-0.15, -0.1) is 11.8 Å². The normalized spacial score (nSPS) is 11.2. The number of aryl methyl sites for hydroxylation is 4. The molecule has 2 aromatic rings. The van der Waals surface area contributed by atoms with Gasteiger partial charge < -0.3 is 4.90 Å². The molecule has 0 radical (unpaired) electrons. The first-order chi connectivity index (χ1) is 12.3. The van der Waals surface area contributed by atoms with Crippen LogP contribution in [0.3, 0.4) is 0 Å². The molecule has 0 aromatic heterocycles. The standard InChI is InChI=1S/C22H28N2OS/c1-7-24(6)14-23-20-12-17(4)19(11-18(20)5)21(25)13-26-22-15(2)9-8-10-16(22)3/h8-12,14H,7,13H2,1-6H3/b23-14-. The number of carbonyl (C=O) groups excluding carboxylic acids is 1. The topological polar surface area (TPSA) is 32.7 Å². The highest BCUT2D eigenvalue weighted by Gasteiger charge is 2.13. The summed E-state index contributed by atoms with van der Waals surface area (Å²) in [5.74, 6) is 0.618. The molecule has 0 unspecified atom stereocenters. The summed E-state index contributed by atoms with van der Waals surface area (Å²) in [6.45, 7) is 11.2. The van der Waals surface area contributed by atoms with Crippen molar-refractivity contribution in [2.45, 2.75) is 39.5 Å². The molecule has 0 atom stereocenters. The summed E-state index contributed by atoms with van der Waals surface area (Å²) in [7, 11) is 1.99. The van der Waals surface area contributed by atoms with Gasteiger partial charge in [-0.05, 0) is 69.0 Å². The fourth-order valence-corrected chi connectivity index (χ4v) is 3.75. The molecule has 3 nitrogen and oxygen atoms in total. The van der Waals surface area contributed by atoms with Gasteiger partial charge in [0.15, 0.2) is 5.78 Å². The van der Waals surface area contributed by atoms with Gasteiger partial charge >= 0.3 is 0 Å². The van der Waals surface area contributed by atoms with Gasteiger partial charge in [-0.25, -0.2) is 4.99 Å². The lowest BCUT2D eigenvalue weighted by molar-refractivity contribution is 0.102. The van der Waals surface area contributed by atoms with Gasteiger partial charge in [0.25, 0.3) is 0 Å². The predicted octanol–water partition coefficient (Wildman–Crippen LogP) is 5.51. The third-order valence-corrected chi connectivity index (χ3v) is 5.83. The number of carbonyl (C=O) groups is 1. The smallest absolute Gasteiger partial charge is 0.173 e. The van der Waals surface area contributed by atoms with E-state index in [0.717, 1.165) is 28.9 Å². The van der Waals surface area contributed by atoms with Crippen molar-refractivity contribution in [3.05, 3.63) is 58.1 Å². The van der Waals surface area contributed by atoms with Crippen LogP contribution in [-0.2, 0) is 0 Å². The first-order valence-corrected chi connectivity index (χ1v) is 9.90. The molecule has 0 saturated heterocycles. The molecule has 26 heavy (non-hydrogen) atoms. The minimum absolute atomic E-state index is 0.166. The molecule has 0 aliphatic heterocycles. The monoisotopic (exact) mass is 368 g/mol. The quantitative estimate of drug-likeness (QED) is 0.280. The summed E-state index contributed by atoms with van der Waals surface area (Å²) >= 11 is 1.63.